The van der Waals surface area contributed by atoms with Crippen LogP contribution in [0.1, 0.15) is 57.9 Å². The van der Waals surface area contributed by atoms with Gasteiger partial charge < -0.3 is 0 Å². The van der Waals surface area contributed by atoms with Gasteiger partial charge >= 0.3 is 0 Å². The van der Waals surface area contributed by atoms with E-state index >= 15 is 0 Å². The van der Waals surface area contributed by atoms with E-state index in [9.17, 15) is 8.42 Å². The molecule has 0 spiro atoms. The number of nitrogens with zero attached hydrogens (tertiary/aromatic N) is 1. The standard InChI is InChI=1S/C18H26ClNO2S/c1-3-23(21,22)20-13-18(2,12-14-7-5-4-6-8-14)16-11-15(19)9-10-17(16)20/h9-11,14H,3-8,12-13H2,1-2H3. The third kappa shape index (κ3) is 3.25. The molecule has 0 aromatic heterocycles. The molecule has 2 aliphatic rings. The first kappa shape index (κ1) is 17.1. The minimum atomic E-state index is -3.25. The summed E-state index contributed by atoms with van der Waals surface area (Å²) >= 11 is 6.22. The second-order valence-corrected chi connectivity index (χ2v) is 9.96. The third-order valence-electron chi connectivity index (χ3n) is 5.53. The number of hydrogen-bond acceptors (Lipinski definition) is 2. The Balaban J connectivity index is 1.97. The molecule has 0 radical (unpaired) electrons. The summed E-state index contributed by atoms with van der Waals surface area (Å²) in [4.78, 5) is 0. The molecule has 0 bridgehead atoms. The number of sulfonamides is 1. The SMILES string of the molecule is CCS(=O)(=O)N1CC(C)(CC2CCCCC2)c2cc(Cl)ccc21. The van der Waals surface area contributed by atoms with E-state index in [-0.39, 0.29) is 11.2 Å². The zero-order chi connectivity index (χ0) is 16.7. The van der Waals surface area contributed by atoms with Crippen LogP contribution in [0, 0.1) is 5.92 Å². The Morgan fingerprint density at radius 1 is 1.26 bits per heavy atom. The second-order valence-electron chi connectivity index (χ2n) is 7.34. The lowest BCUT2D eigenvalue weighted by Crippen LogP contribution is -2.37. The van der Waals surface area contributed by atoms with Crippen LogP contribution in [0.25, 0.3) is 0 Å². The molecule has 128 valence electrons. The van der Waals surface area contributed by atoms with Crippen molar-refractivity contribution in [3.63, 3.8) is 0 Å². The molecule has 1 aromatic rings. The van der Waals surface area contributed by atoms with Crippen molar-refractivity contribution < 1.29 is 8.42 Å². The third-order valence-corrected chi connectivity index (χ3v) is 7.50. The maximum absolute atomic E-state index is 12.5. The van der Waals surface area contributed by atoms with Gasteiger partial charge in [0.2, 0.25) is 10.0 Å². The first-order valence-corrected chi connectivity index (χ1v) is 10.6. The van der Waals surface area contributed by atoms with Crippen molar-refractivity contribution in [3.05, 3.63) is 28.8 Å². The van der Waals surface area contributed by atoms with Crippen LogP contribution in [-0.4, -0.2) is 20.7 Å². The summed E-state index contributed by atoms with van der Waals surface area (Å²) in [6, 6.07) is 5.65. The normalized spacial score (nSPS) is 25.6. The molecule has 0 amide bonds. The predicted molar refractivity (Wildman–Crippen MR) is 96.8 cm³/mol. The minimum absolute atomic E-state index is 0.134. The highest BCUT2D eigenvalue weighted by atomic mass is 35.5. The van der Waals surface area contributed by atoms with Crippen molar-refractivity contribution in [1.82, 2.24) is 0 Å². The molecule has 0 saturated heterocycles. The van der Waals surface area contributed by atoms with Crippen LogP contribution >= 0.6 is 11.6 Å². The molecule has 3 rings (SSSR count). The van der Waals surface area contributed by atoms with Crippen LogP contribution in [0.2, 0.25) is 5.02 Å². The lowest BCUT2D eigenvalue weighted by atomic mass is 9.73. The van der Waals surface area contributed by atoms with E-state index < -0.39 is 10.0 Å². The van der Waals surface area contributed by atoms with Crippen molar-refractivity contribution in [3.8, 4) is 0 Å². The number of benzene rings is 1. The van der Waals surface area contributed by atoms with Gasteiger partial charge in [-0.3, -0.25) is 4.31 Å². The molecule has 1 unspecified atom stereocenters. The predicted octanol–water partition coefficient (Wildman–Crippen LogP) is 4.74. The number of rotatable bonds is 4. The second kappa shape index (κ2) is 6.29. The van der Waals surface area contributed by atoms with E-state index in [4.69, 9.17) is 11.6 Å². The number of fused-ring (bicyclic) bond motifs is 1. The van der Waals surface area contributed by atoms with Crippen molar-refractivity contribution >= 4 is 27.3 Å². The summed E-state index contributed by atoms with van der Waals surface area (Å²) in [5, 5.41) is 0.689. The van der Waals surface area contributed by atoms with E-state index in [1.54, 1.807) is 17.3 Å². The Labute approximate surface area is 145 Å². The van der Waals surface area contributed by atoms with Crippen molar-refractivity contribution in [2.45, 2.75) is 57.8 Å². The Morgan fingerprint density at radius 2 is 1.96 bits per heavy atom. The van der Waals surface area contributed by atoms with Gasteiger partial charge in [0.25, 0.3) is 0 Å². The fourth-order valence-corrected chi connectivity index (χ4v) is 5.73. The van der Waals surface area contributed by atoms with E-state index in [0.717, 1.165) is 17.7 Å². The van der Waals surface area contributed by atoms with Gasteiger partial charge in [0.1, 0.15) is 0 Å². The van der Waals surface area contributed by atoms with Crippen LogP contribution < -0.4 is 4.31 Å². The Hall–Kier alpha value is -0.740. The molecular weight excluding hydrogens is 330 g/mol. The Kier molecular flexibility index (Phi) is 4.67. The first-order valence-electron chi connectivity index (χ1n) is 8.66. The van der Waals surface area contributed by atoms with Gasteiger partial charge in [-0.25, -0.2) is 8.42 Å². The summed E-state index contributed by atoms with van der Waals surface area (Å²) < 4.78 is 26.7. The molecule has 1 saturated carbocycles. The van der Waals surface area contributed by atoms with Gasteiger partial charge in [0, 0.05) is 17.0 Å². The molecule has 3 nitrogen and oxygen atoms in total. The van der Waals surface area contributed by atoms with Gasteiger partial charge in [-0.2, -0.15) is 0 Å². The highest BCUT2D eigenvalue weighted by Gasteiger charge is 2.44. The molecule has 1 aromatic carbocycles. The molecule has 1 fully saturated rings. The lowest BCUT2D eigenvalue weighted by molar-refractivity contribution is 0.278. The van der Waals surface area contributed by atoms with E-state index in [0.29, 0.717) is 17.5 Å². The summed E-state index contributed by atoms with van der Waals surface area (Å²) in [5.74, 6) is 0.832. The van der Waals surface area contributed by atoms with Gasteiger partial charge in [0.15, 0.2) is 0 Å². The van der Waals surface area contributed by atoms with Crippen LogP contribution in [-0.2, 0) is 15.4 Å². The largest absolute Gasteiger partial charge is 0.269 e. The van der Waals surface area contributed by atoms with Gasteiger partial charge in [0.05, 0.1) is 11.4 Å². The monoisotopic (exact) mass is 355 g/mol. The van der Waals surface area contributed by atoms with Crippen LogP contribution in [0.3, 0.4) is 0 Å². The molecule has 5 heteroatoms. The summed E-state index contributed by atoms with van der Waals surface area (Å²) in [6.45, 7) is 4.47. The van der Waals surface area contributed by atoms with Gasteiger partial charge in [-0.05, 0) is 43.0 Å². The van der Waals surface area contributed by atoms with Crippen LogP contribution in [0.4, 0.5) is 5.69 Å². The van der Waals surface area contributed by atoms with Crippen molar-refractivity contribution in [2.24, 2.45) is 5.92 Å². The smallest absolute Gasteiger partial charge is 0.234 e. The van der Waals surface area contributed by atoms with E-state index in [1.165, 1.54) is 32.1 Å². The summed E-state index contributed by atoms with van der Waals surface area (Å²) in [7, 11) is -3.25. The fraction of sp³-hybridized carbons (Fsp3) is 0.667. The number of halogens is 1. The van der Waals surface area contributed by atoms with Crippen molar-refractivity contribution in [1.29, 1.82) is 0 Å². The highest BCUT2D eigenvalue weighted by Crippen LogP contribution is 2.48. The number of anilines is 1. The molecule has 1 aliphatic heterocycles. The molecule has 1 atom stereocenters. The van der Waals surface area contributed by atoms with Gasteiger partial charge in [-0.1, -0.05) is 50.6 Å². The van der Waals surface area contributed by atoms with Crippen molar-refractivity contribution in [2.75, 3.05) is 16.6 Å². The van der Waals surface area contributed by atoms with Crippen LogP contribution in [0.15, 0.2) is 18.2 Å². The number of hydrogen-bond donors (Lipinski definition) is 0. The maximum atomic E-state index is 12.5. The fourth-order valence-electron chi connectivity index (χ4n) is 4.30. The molecule has 23 heavy (non-hydrogen) atoms. The van der Waals surface area contributed by atoms with E-state index in [2.05, 4.69) is 6.92 Å². The summed E-state index contributed by atoms with van der Waals surface area (Å²) in [5.41, 5.74) is 1.80. The molecular formula is C18H26ClNO2S. The zero-order valence-electron chi connectivity index (χ0n) is 14.0. The molecule has 1 aliphatic carbocycles. The maximum Gasteiger partial charge on any atom is 0.234 e. The van der Waals surface area contributed by atoms with Crippen LogP contribution in [0.5, 0.6) is 0 Å². The van der Waals surface area contributed by atoms with E-state index in [1.807, 2.05) is 12.1 Å². The quantitative estimate of drug-likeness (QED) is 0.782. The Bertz CT molecular complexity index is 682. The minimum Gasteiger partial charge on any atom is -0.269 e. The Morgan fingerprint density at radius 3 is 2.61 bits per heavy atom. The zero-order valence-corrected chi connectivity index (χ0v) is 15.6. The highest BCUT2D eigenvalue weighted by molar-refractivity contribution is 7.92. The average Bonchev–Trinajstić information content (AvgIpc) is 2.82. The molecule has 1 heterocycles. The first-order chi connectivity index (χ1) is 10.9. The molecule has 0 N–H and O–H groups in total. The topological polar surface area (TPSA) is 37.4 Å². The summed E-state index contributed by atoms with van der Waals surface area (Å²) in [6.07, 6.45) is 7.54. The average molecular weight is 356 g/mol. The van der Waals surface area contributed by atoms with Gasteiger partial charge in [-0.15, -0.1) is 0 Å². The lowest BCUT2D eigenvalue weighted by Gasteiger charge is -2.32.